The third-order valence-corrected chi connectivity index (χ3v) is 7.77. The van der Waals surface area contributed by atoms with Gasteiger partial charge >= 0.3 is 5.97 Å². The third-order valence-electron chi connectivity index (χ3n) is 6.95. The molecule has 0 unspecified atom stereocenters. The topological polar surface area (TPSA) is 107 Å². The maximum atomic E-state index is 13.1. The number of allylic oxidation sites excluding steroid dienone is 1. The Labute approximate surface area is 225 Å². The summed E-state index contributed by atoms with van der Waals surface area (Å²) in [7, 11) is 0. The van der Waals surface area contributed by atoms with Gasteiger partial charge in [-0.25, -0.2) is 4.99 Å². The monoisotopic (exact) mass is 547 g/mol. The first-order valence-electron chi connectivity index (χ1n) is 12.3. The minimum Gasteiger partial charge on any atom is -0.481 e. The highest BCUT2D eigenvalue weighted by Gasteiger charge is 2.33. The molecule has 2 aromatic rings. The number of aryl methyl sites for hydroxylation is 1. The first-order valence-corrected chi connectivity index (χ1v) is 13.1. The second-order valence-corrected chi connectivity index (χ2v) is 10.7. The summed E-state index contributed by atoms with van der Waals surface area (Å²) in [4.78, 5) is 45.4. The van der Waals surface area contributed by atoms with Gasteiger partial charge in [-0.15, -0.1) is 0 Å². The molecule has 37 heavy (non-hydrogen) atoms. The summed E-state index contributed by atoms with van der Waals surface area (Å²) in [5, 5.41) is 13.9. The van der Waals surface area contributed by atoms with Crippen LogP contribution in [0.5, 0.6) is 0 Å². The fourth-order valence-electron chi connectivity index (χ4n) is 4.65. The highest BCUT2D eigenvalue weighted by Crippen LogP contribution is 2.33. The number of aromatic nitrogens is 1. The maximum absolute atomic E-state index is 13.1. The molecule has 1 fully saturated rings. The number of carboxylic acid groups (broad SMARTS) is 1. The van der Waals surface area contributed by atoms with E-state index in [9.17, 15) is 19.5 Å². The summed E-state index contributed by atoms with van der Waals surface area (Å²) in [5.41, 5.74) is 1.00. The Kier molecular flexibility index (Phi) is 7.85. The number of halogens is 2. The fraction of sp³-hybridized carbons (Fsp3) is 0.462. The molecular weight excluding hydrogens is 517 g/mol. The molecule has 3 heterocycles. The smallest absolute Gasteiger partial charge is 0.309 e. The van der Waals surface area contributed by atoms with Gasteiger partial charge in [0.1, 0.15) is 11.5 Å². The molecular formula is C26H31Cl2N5O4. The van der Waals surface area contributed by atoms with Crippen molar-refractivity contribution in [1.29, 1.82) is 0 Å². The van der Waals surface area contributed by atoms with Gasteiger partial charge in [0, 0.05) is 62.8 Å². The van der Waals surface area contributed by atoms with Gasteiger partial charge < -0.3 is 24.8 Å². The predicted molar refractivity (Wildman–Crippen MR) is 144 cm³/mol. The van der Waals surface area contributed by atoms with Crippen molar-refractivity contribution in [2.75, 3.05) is 26.2 Å². The Bertz CT molecular complexity index is 1310. The molecule has 9 nitrogen and oxygen atoms in total. The normalized spacial score (nSPS) is 16.5. The van der Waals surface area contributed by atoms with Crippen LogP contribution in [0.15, 0.2) is 35.1 Å². The molecule has 1 saturated heterocycles. The molecule has 0 bridgehead atoms. The molecule has 2 N–H and O–H groups in total. The molecule has 0 radical (unpaired) electrons. The number of hydrogen-bond acceptors (Lipinski definition) is 5. The number of benzene rings is 1. The highest BCUT2D eigenvalue weighted by molar-refractivity contribution is 6.45. The number of nitrogens with one attached hydrogen (secondary N) is 1. The van der Waals surface area contributed by atoms with Gasteiger partial charge in [-0.1, -0.05) is 23.2 Å². The van der Waals surface area contributed by atoms with Crippen molar-refractivity contribution < 1.29 is 19.5 Å². The molecule has 4 rings (SSSR count). The Balaban J connectivity index is 1.38. The molecule has 2 aliphatic rings. The van der Waals surface area contributed by atoms with E-state index in [1.54, 1.807) is 37.1 Å². The maximum Gasteiger partial charge on any atom is 0.309 e. The summed E-state index contributed by atoms with van der Waals surface area (Å²) in [5.74, 6) is -0.433. The Morgan fingerprint density at radius 1 is 1.11 bits per heavy atom. The van der Waals surface area contributed by atoms with Crippen molar-refractivity contribution in [3.63, 3.8) is 0 Å². The van der Waals surface area contributed by atoms with Crippen LogP contribution in [0.3, 0.4) is 0 Å². The largest absolute Gasteiger partial charge is 0.481 e. The number of rotatable bonds is 6. The molecule has 2 aliphatic heterocycles. The first-order chi connectivity index (χ1) is 17.5. The number of aliphatic imine (C=N–C) groups is 1. The summed E-state index contributed by atoms with van der Waals surface area (Å²) < 4.78 is 1.91. The van der Waals surface area contributed by atoms with Crippen molar-refractivity contribution >= 4 is 57.7 Å². The van der Waals surface area contributed by atoms with Gasteiger partial charge in [0.15, 0.2) is 0 Å². The van der Waals surface area contributed by atoms with Crippen molar-refractivity contribution in [1.82, 2.24) is 19.7 Å². The van der Waals surface area contributed by atoms with Gasteiger partial charge in [-0.2, -0.15) is 0 Å². The first kappa shape index (κ1) is 27.0. The second kappa shape index (κ2) is 10.8. The number of hydrogen-bond donors (Lipinski definition) is 2. The SMILES string of the molecule is CCn1c(C(=O)NC2=CN=C(N3CCN(C(=O)CC(C)(C)C(=O)O)CC3)CC2)cc2c(Cl)c(Cl)ccc21. The average Bonchev–Trinajstić information content (AvgIpc) is 3.26. The van der Waals surface area contributed by atoms with E-state index in [1.807, 2.05) is 17.6 Å². The lowest BCUT2D eigenvalue weighted by molar-refractivity contribution is -0.151. The zero-order valence-electron chi connectivity index (χ0n) is 21.2. The van der Waals surface area contributed by atoms with Gasteiger partial charge in [0.2, 0.25) is 5.91 Å². The van der Waals surface area contributed by atoms with Crippen molar-refractivity contribution in [3.8, 4) is 0 Å². The van der Waals surface area contributed by atoms with E-state index >= 15 is 0 Å². The van der Waals surface area contributed by atoms with E-state index in [-0.39, 0.29) is 18.2 Å². The van der Waals surface area contributed by atoms with Crippen LogP contribution in [-0.2, 0) is 16.1 Å². The van der Waals surface area contributed by atoms with E-state index in [0.717, 1.165) is 22.4 Å². The molecule has 0 saturated carbocycles. The van der Waals surface area contributed by atoms with Crippen LogP contribution in [-0.4, -0.2) is 69.3 Å². The molecule has 198 valence electrons. The Morgan fingerprint density at radius 3 is 2.41 bits per heavy atom. The number of fused-ring (bicyclic) bond motifs is 1. The number of carboxylic acids is 1. The van der Waals surface area contributed by atoms with Gasteiger partial charge in [-0.3, -0.25) is 14.4 Å². The highest BCUT2D eigenvalue weighted by atomic mass is 35.5. The number of aliphatic carboxylic acids is 1. The molecule has 1 aromatic heterocycles. The number of amides is 2. The van der Waals surface area contributed by atoms with Crippen molar-refractivity contribution in [2.24, 2.45) is 10.4 Å². The molecule has 2 amide bonds. The van der Waals surface area contributed by atoms with Crippen LogP contribution < -0.4 is 5.32 Å². The van der Waals surface area contributed by atoms with Crippen molar-refractivity contribution in [2.45, 2.75) is 46.6 Å². The zero-order chi connectivity index (χ0) is 26.9. The summed E-state index contributed by atoms with van der Waals surface area (Å²) >= 11 is 12.5. The number of carbonyl (C=O) groups excluding carboxylic acids is 2. The quantitative estimate of drug-likeness (QED) is 0.558. The number of nitrogens with zero attached hydrogens (tertiary/aromatic N) is 4. The molecule has 1 aromatic carbocycles. The van der Waals surface area contributed by atoms with E-state index in [2.05, 4.69) is 15.2 Å². The zero-order valence-corrected chi connectivity index (χ0v) is 22.7. The lowest BCUT2D eigenvalue weighted by Crippen LogP contribution is -2.51. The molecule has 0 aliphatic carbocycles. The van der Waals surface area contributed by atoms with E-state index in [0.29, 0.717) is 61.3 Å². The lowest BCUT2D eigenvalue weighted by Gasteiger charge is -2.38. The third kappa shape index (κ3) is 5.62. The van der Waals surface area contributed by atoms with Crippen LogP contribution in [0, 0.1) is 5.41 Å². The van der Waals surface area contributed by atoms with E-state index in [1.165, 1.54) is 0 Å². The second-order valence-electron chi connectivity index (χ2n) is 9.96. The Hall–Kier alpha value is -3.04. The standard InChI is InChI=1S/C26H31Cl2N5O4/c1-4-33-19-7-6-18(27)23(28)17(19)13-20(33)24(35)30-16-5-8-21(29-15-16)31-9-11-32(12-10-31)22(34)14-26(2,3)25(36)37/h6-7,13,15H,4-5,8-12,14H2,1-3H3,(H,30,35)(H,36,37). The summed E-state index contributed by atoms with van der Waals surface area (Å²) in [6.07, 6.45) is 2.97. The van der Waals surface area contributed by atoms with Crippen LogP contribution in [0.2, 0.25) is 10.0 Å². The van der Waals surface area contributed by atoms with Gasteiger partial charge in [-0.05, 0) is 45.4 Å². The summed E-state index contributed by atoms with van der Waals surface area (Å²) in [6.45, 7) is 8.01. The lowest BCUT2D eigenvalue weighted by atomic mass is 9.89. The minimum atomic E-state index is -1.09. The van der Waals surface area contributed by atoms with Crippen LogP contribution in [0.1, 0.15) is 50.5 Å². The van der Waals surface area contributed by atoms with Crippen molar-refractivity contribution in [3.05, 3.63) is 45.8 Å². The van der Waals surface area contributed by atoms with Crippen LogP contribution in [0.25, 0.3) is 10.9 Å². The van der Waals surface area contributed by atoms with E-state index in [4.69, 9.17) is 23.2 Å². The van der Waals surface area contributed by atoms with Crippen LogP contribution in [0.4, 0.5) is 0 Å². The van der Waals surface area contributed by atoms with E-state index < -0.39 is 11.4 Å². The molecule has 0 atom stereocenters. The molecule has 0 spiro atoms. The average molecular weight is 548 g/mol. The van der Waals surface area contributed by atoms with Gasteiger partial charge in [0.05, 0.1) is 21.0 Å². The number of amidine groups is 1. The summed E-state index contributed by atoms with van der Waals surface area (Å²) in [6, 6.07) is 5.35. The fourth-order valence-corrected chi connectivity index (χ4v) is 5.03. The predicted octanol–water partition coefficient (Wildman–Crippen LogP) is 4.38. The minimum absolute atomic E-state index is 0.0225. The van der Waals surface area contributed by atoms with Gasteiger partial charge in [0.25, 0.3) is 5.91 Å². The Morgan fingerprint density at radius 2 is 1.81 bits per heavy atom. The van der Waals surface area contributed by atoms with Crippen LogP contribution >= 0.6 is 23.2 Å². The number of piperazine rings is 1. The molecule has 11 heteroatoms. The number of carbonyl (C=O) groups is 3.